The van der Waals surface area contributed by atoms with Gasteiger partial charge in [0, 0.05) is 45.0 Å². The Kier molecular flexibility index (Phi) is 5.54. The van der Waals surface area contributed by atoms with Crippen molar-refractivity contribution in [1.82, 2.24) is 9.80 Å². The number of hydrogen-bond donors (Lipinski definition) is 0. The maximum atomic E-state index is 13.1. The Hall–Kier alpha value is -2.04. The molecule has 0 aliphatic carbocycles. The fraction of sp³-hybridized carbons (Fsp3) is 0.619. The van der Waals surface area contributed by atoms with Gasteiger partial charge >= 0.3 is 0 Å². The second-order valence-electron chi connectivity index (χ2n) is 8.24. The molecule has 2 saturated heterocycles. The van der Waals surface area contributed by atoms with Crippen LogP contribution in [0.1, 0.15) is 33.6 Å². The molecule has 142 valence electrons. The summed E-state index contributed by atoms with van der Waals surface area (Å²) in [6.07, 6.45) is 2.20. The molecule has 2 fully saturated rings. The van der Waals surface area contributed by atoms with Crippen molar-refractivity contribution in [3.05, 3.63) is 30.3 Å². The zero-order valence-electron chi connectivity index (χ0n) is 16.3. The number of piperidine rings is 1. The molecule has 0 N–H and O–H groups in total. The Labute approximate surface area is 156 Å². The summed E-state index contributed by atoms with van der Waals surface area (Å²) in [5, 5.41) is 0. The van der Waals surface area contributed by atoms with Gasteiger partial charge in [0.2, 0.25) is 11.8 Å². The van der Waals surface area contributed by atoms with Crippen LogP contribution in [0.3, 0.4) is 0 Å². The fourth-order valence-electron chi connectivity index (χ4n) is 4.06. The number of carbonyl (C=O) groups is 2. The molecule has 2 heterocycles. The Morgan fingerprint density at radius 1 is 0.923 bits per heavy atom. The van der Waals surface area contributed by atoms with Crippen LogP contribution in [0.4, 0.5) is 5.69 Å². The zero-order valence-corrected chi connectivity index (χ0v) is 16.3. The van der Waals surface area contributed by atoms with Gasteiger partial charge in [0.05, 0.1) is 0 Å². The van der Waals surface area contributed by atoms with E-state index in [-0.39, 0.29) is 11.8 Å². The third kappa shape index (κ3) is 3.87. The lowest BCUT2D eigenvalue weighted by Crippen LogP contribution is -2.56. The van der Waals surface area contributed by atoms with Crippen LogP contribution < -0.4 is 4.90 Å². The van der Waals surface area contributed by atoms with Crippen LogP contribution in [0, 0.1) is 11.3 Å². The number of carbonyl (C=O) groups excluding carboxylic acids is 2. The third-order valence-corrected chi connectivity index (χ3v) is 5.70. The number of rotatable bonds is 3. The number of anilines is 1. The SMILES string of the molecule is CC1CCCN(C(=O)C(C)(C)C(=O)N2CCN(c3ccccc3)CC2)C1. The van der Waals surface area contributed by atoms with E-state index in [4.69, 9.17) is 0 Å². The number of piperazine rings is 1. The molecular weight excluding hydrogens is 326 g/mol. The van der Waals surface area contributed by atoms with Crippen LogP contribution in [-0.2, 0) is 9.59 Å². The van der Waals surface area contributed by atoms with Gasteiger partial charge in [0.25, 0.3) is 0 Å². The highest BCUT2D eigenvalue weighted by atomic mass is 16.2. The molecule has 26 heavy (non-hydrogen) atoms. The number of likely N-dealkylation sites (tertiary alicyclic amines) is 1. The van der Waals surface area contributed by atoms with Crippen LogP contribution in [0.2, 0.25) is 0 Å². The minimum Gasteiger partial charge on any atom is -0.368 e. The minimum atomic E-state index is -0.980. The molecule has 0 saturated carbocycles. The average molecular weight is 357 g/mol. The number of nitrogens with zero attached hydrogens (tertiary/aromatic N) is 3. The van der Waals surface area contributed by atoms with Crippen LogP contribution in [0.5, 0.6) is 0 Å². The van der Waals surface area contributed by atoms with Crippen LogP contribution in [0.25, 0.3) is 0 Å². The molecule has 2 aliphatic heterocycles. The quantitative estimate of drug-likeness (QED) is 0.781. The van der Waals surface area contributed by atoms with Gasteiger partial charge in [0.15, 0.2) is 0 Å². The number of para-hydroxylation sites is 1. The lowest BCUT2D eigenvalue weighted by atomic mass is 9.87. The Balaban J connectivity index is 1.60. The standard InChI is InChI=1S/C21H31N3O2/c1-17-8-7-11-24(16-17)20(26)21(2,3)19(25)23-14-12-22(13-15-23)18-9-5-4-6-10-18/h4-6,9-10,17H,7-8,11-16H2,1-3H3. The van der Waals surface area contributed by atoms with E-state index in [1.54, 1.807) is 13.8 Å². The van der Waals surface area contributed by atoms with Gasteiger partial charge < -0.3 is 14.7 Å². The first-order chi connectivity index (χ1) is 12.4. The average Bonchev–Trinajstić information content (AvgIpc) is 2.67. The molecule has 1 unspecified atom stereocenters. The second-order valence-corrected chi connectivity index (χ2v) is 8.24. The first-order valence-corrected chi connectivity index (χ1v) is 9.78. The van der Waals surface area contributed by atoms with Crippen molar-refractivity contribution in [3.8, 4) is 0 Å². The van der Waals surface area contributed by atoms with Gasteiger partial charge in [-0.05, 0) is 44.7 Å². The first kappa shape index (κ1) is 18.7. The van der Waals surface area contributed by atoms with Crippen LogP contribution in [-0.4, -0.2) is 60.9 Å². The summed E-state index contributed by atoms with van der Waals surface area (Å²) in [5.74, 6) is 0.473. The van der Waals surface area contributed by atoms with Crippen molar-refractivity contribution in [2.24, 2.45) is 11.3 Å². The van der Waals surface area contributed by atoms with E-state index in [0.29, 0.717) is 19.0 Å². The lowest BCUT2D eigenvalue weighted by Gasteiger charge is -2.41. The molecular formula is C21H31N3O2. The van der Waals surface area contributed by atoms with E-state index in [1.165, 1.54) is 12.1 Å². The molecule has 3 rings (SSSR count). The predicted octanol–water partition coefficient (Wildman–Crippen LogP) is 2.62. The second kappa shape index (κ2) is 7.68. The number of benzene rings is 1. The minimum absolute atomic E-state index is 0.0143. The van der Waals surface area contributed by atoms with Gasteiger partial charge in [-0.3, -0.25) is 9.59 Å². The highest BCUT2D eigenvalue weighted by molar-refractivity contribution is 6.04. The van der Waals surface area contributed by atoms with Gasteiger partial charge in [0.1, 0.15) is 5.41 Å². The van der Waals surface area contributed by atoms with E-state index in [0.717, 1.165) is 32.6 Å². The molecule has 5 heteroatoms. The summed E-state index contributed by atoms with van der Waals surface area (Å²) in [6, 6.07) is 10.3. The van der Waals surface area contributed by atoms with Gasteiger partial charge in [-0.2, -0.15) is 0 Å². The number of hydrogen-bond acceptors (Lipinski definition) is 3. The molecule has 1 aromatic rings. The van der Waals surface area contributed by atoms with Gasteiger partial charge in [-0.1, -0.05) is 25.1 Å². The van der Waals surface area contributed by atoms with E-state index in [2.05, 4.69) is 24.0 Å². The Bertz CT molecular complexity index is 636. The maximum absolute atomic E-state index is 13.1. The van der Waals surface area contributed by atoms with E-state index in [1.807, 2.05) is 28.0 Å². The van der Waals surface area contributed by atoms with E-state index < -0.39 is 5.41 Å². The maximum Gasteiger partial charge on any atom is 0.237 e. The predicted molar refractivity (Wildman–Crippen MR) is 104 cm³/mol. The summed E-state index contributed by atoms with van der Waals surface area (Å²) >= 11 is 0. The van der Waals surface area contributed by atoms with E-state index in [9.17, 15) is 9.59 Å². The molecule has 0 spiro atoms. The molecule has 2 amide bonds. The molecule has 5 nitrogen and oxygen atoms in total. The summed E-state index contributed by atoms with van der Waals surface area (Å²) < 4.78 is 0. The highest BCUT2D eigenvalue weighted by Gasteiger charge is 2.43. The monoisotopic (exact) mass is 357 g/mol. The Morgan fingerprint density at radius 2 is 1.54 bits per heavy atom. The van der Waals surface area contributed by atoms with Crippen molar-refractivity contribution in [2.45, 2.75) is 33.6 Å². The third-order valence-electron chi connectivity index (χ3n) is 5.70. The van der Waals surface area contributed by atoms with Crippen molar-refractivity contribution < 1.29 is 9.59 Å². The summed E-state index contributed by atoms with van der Waals surface area (Å²) in [4.78, 5) is 32.1. The summed E-state index contributed by atoms with van der Waals surface area (Å²) in [6.45, 7) is 10.3. The molecule has 0 radical (unpaired) electrons. The highest BCUT2D eigenvalue weighted by Crippen LogP contribution is 2.27. The Morgan fingerprint density at radius 3 is 2.15 bits per heavy atom. The zero-order chi connectivity index (χ0) is 18.7. The molecule has 0 bridgehead atoms. The smallest absolute Gasteiger partial charge is 0.237 e. The molecule has 2 aliphatic rings. The fourth-order valence-corrected chi connectivity index (χ4v) is 4.06. The summed E-state index contributed by atoms with van der Waals surface area (Å²) in [5.41, 5.74) is 0.212. The topological polar surface area (TPSA) is 43.9 Å². The van der Waals surface area contributed by atoms with Crippen molar-refractivity contribution in [1.29, 1.82) is 0 Å². The van der Waals surface area contributed by atoms with Gasteiger partial charge in [-0.25, -0.2) is 0 Å². The lowest BCUT2D eigenvalue weighted by molar-refractivity contribution is -0.155. The van der Waals surface area contributed by atoms with Crippen molar-refractivity contribution >= 4 is 17.5 Å². The summed E-state index contributed by atoms with van der Waals surface area (Å²) in [7, 11) is 0. The van der Waals surface area contributed by atoms with Crippen molar-refractivity contribution in [3.63, 3.8) is 0 Å². The normalized spacial score (nSPS) is 21.7. The largest absolute Gasteiger partial charge is 0.368 e. The number of amides is 2. The van der Waals surface area contributed by atoms with Gasteiger partial charge in [-0.15, -0.1) is 0 Å². The van der Waals surface area contributed by atoms with Crippen LogP contribution >= 0.6 is 0 Å². The first-order valence-electron chi connectivity index (χ1n) is 9.78. The van der Waals surface area contributed by atoms with Crippen molar-refractivity contribution in [2.75, 3.05) is 44.2 Å². The van der Waals surface area contributed by atoms with Crippen LogP contribution in [0.15, 0.2) is 30.3 Å². The molecule has 0 aromatic heterocycles. The van der Waals surface area contributed by atoms with E-state index >= 15 is 0 Å². The molecule has 1 atom stereocenters. The molecule has 1 aromatic carbocycles.